The Kier molecular flexibility index (Phi) is 7.06. The number of carbonyl (C=O) groups is 1. The molecule has 0 atom stereocenters. The van der Waals surface area contributed by atoms with Gasteiger partial charge in [-0.1, -0.05) is 24.3 Å². The van der Waals surface area contributed by atoms with Gasteiger partial charge in [0.05, 0.1) is 6.61 Å². The van der Waals surface area contributed by atoms with Gasteiger partial charge in [-0.05, 0) is 30.5 Å². The maximum atomic E-state index is 11.6. The fraction of sp³-hybridized carbons (Fsp3) is 0.500. The van der Waals surface area contributed by atoms with Crippen molar-refractivity contribution in [3.05, 3.63) is 35.4 Å². The predicted octanol–water partition coefficient (Wildman–Crippen LogP) is 1.58. The first kappa shape index (κ1) is 14.7. The summed E-state index contributed by atoms with van der Waals surface area (Å²) in [5.74, 6) is 0.0793. The zero-order chi connectivity index (χ0) is 13.2. The van der Waals surface area contributed by atoms with Crippen LogP contribution in [0.2, 0.25) is 0 Å². The summed E-state index contributed by atoms with van der Waals surface area (Å²) < 4.78 is 5.13. The van der Waals surface area contributed by atoms with E-state index in [4.69, 9.17) is 10.5 Å². The van der Waals surface area contributed by atoms with Crippen molar-refractivity contribution >= 4 is 5.91 Å². The molecule has 0 unspecified atom stereocenters. The standard InChI is InChI=1S/C14H22N2O2/c1-18-11-13-7-3-2-6-12(13)10-16-14(17)8-4-5-9-15/h2-3,6-7H,4-5,8-11,15H2,1H3,(H,16,17). The van der Waals surface area contributed by atoms with E-state index < -0.39 is 0 Å². The Hall–Kier alpha value is -1.39. The number of nitrogens with two attached hydrogens (primary N) is 1. The van der Waals surface area contributed by atoms with Crippen LogP contribution in [0.3, 0.4) is 0 Å². The highest BCUT2D eigenvalue weighted by molar-refractivity contribution is 5.75. The molecular weight excluding hydrogens is 228 g/mol. The van der Waals surface area contributed by atoms with Crippen molar-refractivity contribution < 1.29 is 9.53 Å². The quantitative estimate of drug-likeness (QED) is 0.688. The van der Waals surface area contributed by atoms with Crippen LogP contribution in [0.1, 0.15) is 30.4 Å². The summed E-state index contributed by atoms with van der Waals surface area (Å²) in [6.07, 6.45) is 2.29. The Morgan fingerprint density at radius 3 is 2.67 bits per heavy atom. The topological polar surface area (TPSA) is 64.3 Å². The normalized spacial score (nSPS) is 10.3. The molecule has 18 heavy (non-hydrogen) atoms. The number of carbonyl (C=O) groups excluding carboxylic acids is 1. The van der Waals surface area contributed by atoms with Crippen LogP contribution in [0.4, 0.5) is 0 Å². The maximum Gasteiger partial charge on any atom is 0.220 e. The molecule has 1 rings (SSSR count). The fourth-order valence-corrected chi connectivity index (χ4v) is 1.74. The first-order valence-corrected chi connectivity index (χ1v) is 6.30. The molecule has 1 amide bonds. The second kappa shape index (κ2) is 8.66. The number of unbranched alkanes of at least 4 members (excludes halogenated alkanes) is 1. The van der Waals surface area contributed by atoms with Gasteiger partial charge in [0.15, 0.2) is 0 Å². The molecular formula is C14H22N2O2. The minimum Gasteiger partial charge on any atom is -0.380 e. The van der Waals surface area contributed by atoms with Crippen molar-refractivity contribution in [1.82, 2.24) is 5.32 Å². The van der Waals surface area contributed by atoms with Gasteiger partial charge in [0.25, 0.3) is 0 Å². The summed E-state index contributed by atoms with van der Waals surface area (Å²) >= 11 is 0. The first-order chi connectivity index (χ1) is 8.77. The second-order valence-corrected chi connectivity index (χ2v) is 4.22. The molecule has 4 heteroatoms. The Labute approximate surface area is 109 Å². The van der Waals surface area contributed by atoms with Gasteiger partial charge in [-0.25, -0.2) is 0 Å². The number of nitrogens with one attached hydrogen (secondary N) is 1. The number of hydrogen-bond donors (Lipinski definition) is 2. The molecule has 1 aromatic rings. The van der Waals surface area contributed by atoms with Crippen LogP contribution >= 0.6 is 0 Å². The molecule has 3 N–H and O–H groups in total. The van der Waals surface area contributed by atoms with Crippen molar-refractivity contribution in [1.29, 1.82) is 0 Å². The second-order valence-electron chi connectivity index (χ2n) is 4.22. The van der Waals surface area contributed by atoms with Crippen LogP contribution in [-0.4, -0.2) is 19.6 Å². The summed E-state index contributed by atoms with van der Waals surface area (Å²) in [7, 11) is 1.67. The van der Waals surface area contributed by atoms with Gasteiger partial charge in [-0.2, -0.15) is 0 Å². The molecule has 0 aromatic heterocycles. The molecule has 0 saturated heterocycles. The lowest BCUT2D eigenvalue weighted by Crippen LogP contribution is -2.23. The van der Waals surface area contributed by atoms with Gasteiger partial charge >= 0.3 is 0 Å². The number of hydrogen-bond acceptors (Lipinski definition) is 3. The molecule has 100 valence electrons. The molecule has 0 spiro atoms. The molecule has 0 bridgehead atoms. The third-order valence-electron chi connectivity index (χ3n) is 2.75. The van der Waals surface area contributed by atoms with Crippen LogP contribution < -0.4 is 11.1 Å². The highest BCUT2D eigenvalue weighted by atomic mass is 16.5. The van der Waals surface area contributed by atoms with E-state index in [1.807, 2.05) is 24.3 Å². The summed E-state index contributed by atoms with van der Waals surface area (Å²) in [5.41, 5.74) is 7.60. The van der Waals surface area contributed by atoms with Crippen LogP contribution in [0, 0.1) is 0 Å². The smallest absolute Gasteiger partial charge is 0.220 e. The van der Waals surface area contributed by atoms with E-state index >= 15 is 0 Å². The Morgan fingerprint density at radius 1 is 1.28 bits per heavy atom. The van der Waals surface area contributed by atoms with E-state index in [0.717, 1.165) is 24.0 Å². The van der Waals surface area contributed by atoms with Crippen molar-refractivity contribution in [3.63, 3.8) is 0 Å². The number of rotatable bonds is 8. The molecule has 0 saturated carbocycles. The summed E-state index contributed by atoms with van der Waals surface area (Å²) in [6, 6.07) is 7.96. The number of benzene rings is 1. The highest BCUT2D eigenvalue weighted by Gasteiger charge is 2.04. The van der Waals surface area contributed by atoms with Crippen molar-refractivity contribution in [3.8, 4) is 0 Å². The van der Waals surface area contributed by atoms with Crippen LogP contribution in [0.15, 0.2) is 24.3 Å². The average molecular weight is 250 g/mol. The minimum atomic E-state index is 0.0793. The molecule has 0 fully saturated rings. The molecule has 0 aliphatic rings. The van der Waals surface area contributed by atoms with Crippen molar-refractivity contribution in [2.75, 3.05) is 13.7 Å². The lowest BCUT2D eigenvalue weighted by molar-refractivity contribution is -0.121. The van der Waals surface area contributed by atoms with Gasteiger partial charge in [-0.15, -0.1) is 0 Å². The van der Waals surface area contributed by atoms with E-state index in [1.165, 1.54) is 0 Å². The maximum absolute atomic E-state index is 11.6. The lowest BCUT2D eigenvalue weighted by Gasteiger charge is -2.10. The van der Waals surface area contributed by atoms with Gasteiger partial charge in [-0.3, -0.25) is 4.79 Å². The van der Waals surface area contributed by atoms with Gasteiger partial charge < -0.3 is 15.8 Å². The van der Waals surface area contributed by atoms with Crippen molar-refractivity contribution in [2.45, 2.75) is 32.4 Å². The molecule has 0 aliphatic heterocycles. The SMILES string of the molecule is COCc1ccccc1CNC(=O)CCCCN. The average Bonchev–Trinajstić information content (AvgIpc) is 2.38. The van der Waals surface area contributed by atoms with E-state index in [2.05, 4.69) is 5.32 Å². The van der Waals surface area contributed by atoms with Crippen molar-refractivity contribution in [2.24, 2.45) is 5.73 Å². The van der Waals surface area contributed by atoms with Gasteiger partial charge in [0.1, 0.15) is 0 Å². The summed E-state index contributed by atoms with van der Waals surface area (Å²) in [5, 5.41) is 2.92. The van der Waals surface area contributed by atoms with Crippen LogP contribution in [-0.2, 0) is 22.7 Å². The van der Waals surface area contributed by atoms with Gasteiger partial charge in [0, 0.05) is 20.1 Å². The van der Waals surface area contributed by atoms with Crippen LogP contribution in [0.25, 0.3) is 0 Å². The van der Waals surface area contributed by atoms with E-state index in [9.17, 15) is 4.79 Å². The molecule has 1 aromatic carbocycles. The lowest BCUT2D eigenvalue weighted by atomic mass is 10.1. The fourth-order valence-electron chi connectivity index (χ4n) is 1.74. The van der Waals surface area contributed by atoms with E-state index in [0.29, 0.717) is 26.1 Å². The molecule has 0 radical (unpaired) electrons. The van der Waals surface area contributed by atoms with E-state index in [1.54, 1.807) is 7.11 Å². The zero-order valence-electron chi connectivity index (χ0n) is 10.9. The Morgan fingerprint density at radius 2 is 2.00 bits per heavy atom. The number of ether oxygens (including phenoxy) is 1. The largest absolute Gasteiger partial charge is 0.380 e. The number of amides is 1. The third kappa shape index (κ3) is 5.29. The zero-order valence-corrected chi connectivity index (χ0v) is 10.9. The minimum absolute atomic E-state index is 0.0793. The third-order valence-corrected chi connectivity index (χ3v) is 2.75. The molecule has 0 aliphatic carbocycles. The number of methoxy groups -OCH3 is 1. The Bertz CT molecular complexity index is 367. The van der Waals surface area contributed by atoms with Crippen LogP contribution in [0.5, 0.6) is 0 Å². The summed E-state index contributed by atoms with van der Waals surface area (Å²) in [4.78, 5) is 11.6. The predicted molar refractivity (Wildman–Crippen MR) is 71.9 cm³/mol. The monoisotopic (exact) mass is 250 g/mol. The molecule has 4 nitrogen and oxygen atoms in total. The molecule has 0 heterocycles. The summed E-state index contributed by atoms with van der Waals surface area (Å²) in [6.45, 7) is 1.77. The van der Waals surface area contributed by atoms with E-state index in [-0.39, 0.29) is 5.91 Å². The highest BCUT2D eigenvalue weighted by Crippen LogP contribution is 2.09. The van der Waals surface area contributed by atoms with Gasteiger partial charge in [0.2, 0.25) is 5.91 Å². The Balaban J connectivity index is 2.40. The first-order valence-electron chi connectivity index (χ1n) is 6.30.